The van der Waals surface area contributed by atoms with E-state index < -0.39 is 10.0 Å². The molecule has 0 saturated carbocycles. The zero-order valence-corrected chi connectivity index (χ0v) is 27.7. The summed E-state index contributed by atoms with van der Waals surface area (Å²) in [7, 11) is -4.06. The van der Waals surface area contributed by atoms with Gasteiger partial charge in [0.25, 0.3) is 0 Å². The predicted octanol–water partition coefficient (Wildman–Crippen LogP) is 4.00. The first kappa shape index (κ1) is 31.6. The van der Waals surface area contributed by atoms with E-state index in [1.54, 1.807) is 11.0 Å². The first-order valence-corrected chi connectivity index (χ1v) is 17.4. The van der Waals surface area contributed by atoms with Crippen molar-refractivity contribution in [2.75, 3.05) is 36.0 Å². The second-order valence-corrected chi connectivity index (χ2v) is 14.0. The van der Waals surface area contributed by atoms with Crippen LogP contribution in [0.4, 0.5) is 11.5 Å². The third-order valence-electron chi connectivity index (χ3n) is 8.98. The molecule has 0 spiro atoms. The number of benzene rings is 2. The van der Waals surface area contributed by atoms with E-state index in [0.717, 1.165) is 56.8 Å². The van der Waals surface area contributed by atoms with Crippen LogP contribution in [0.2, 0.25) is 5.02 Å². The van der Waals surface area contributed by atoms with E-state index in [4.69, 9.17) is 26.0 Å². The average Bonchev–Trinajstić information content (AvgIpc) is 3.81. The van der Waals surface area contributed by atoms with E-state index in [-0.39, 0.29) is 23.5 Å². The number of aromatic nitrogens is 5. The lowest BCUT2D eigenvalue weighted by Gasteiger charge is -2.42. The number of piperazine rings is 1. The number of hydrogen-bond donors (Lipinski definition) is 0. The summed E-state index contributed by atoms with van der Waals surface area (Å²) in [5.74, 6) is 1.29. The Morgan fingerprint density at radius 2 is 1.92 bits per heavy atom. The minimum atomic E-state index is -4.06. The maximum absolute atomic E-state index is 13.1. The summed E-state index contributed by atoms with van der Waals surface area (Å²) < 4.78 is 32.5. The first-order valence-electron chi connectivity index (χ1n) is 15.6. The van der Waals surface area contributed by atoms with Gasteiger partial charge in [0, 0.05) is 61.7 Å². The molecule has 1 fully saturated rings. The molecule has 3 aromatic heterocycles. The van der Waals surface area contributed by atoms with Crippen LogP contribution in [0.3, 0.4) is 0 Å². The zero-order chi connectivity index (χ0) is 33.4. The molecule has 0 bridgehead atoms. The quantitative estimate of drug-likeness (QED) is 0.233. The lowest BCUT2D eigenvalue weighted by molar-refractivity contribution is -0.131. The van der Waals surface area contributed by atoms with E-state index >= 15 is 0 Å². The van der Waals surface area contributed by atoms with E-state index in [1.807, 2.05) is 30.3 Å². The van der Waals surface area contributed by atoms with Gasteiger partial charge in [-0.05, 0) is 36.4 Å². The second-order valence-electron chi connectivity index (χ2n) is 11.9. The van der Waals surface area contributed by atoms with Crippen molar-refractivity contribution in [2.24, 2.45) is 0 Å². The maximum atomic E-state index is 13.1. The van der Waals surface area contributed by atoms with Gasteiger partial charge in [0.05, 0.1) is 42.1 Å². The molecular formula is C33H32ClN9O4S. The number of nitrogens with zero attached hydrogens (tertiary/aromatic N) is 9. The summed E-state index contributed by atoms with van der Waals surface area (Å²) in [6.07, 6.45) is 5.15. The fourth-order valence-electron chi connectivity index (χ4n) is 6.71. The summed E-state index contributed by atoms with van der Waals surface area (Å²) >= 11 is 6.71. The first-order chi connectivity index (χ1) is 23.2. The Morgan fingerprint density at radius 3 is 2.69 bits per heavy atom. The SMILES string of the molecule is CC(=O)N1CCN(c2nc(CCc3ccoc3S(=O)(=O)n3cncn3)nc3c2CCN(c2cccc4cccc(Cl)c24)C3)C[C@@H]1CC#N. The van der Waals surface area contributed by atoms with Crippen molar-refractivity contribution in [2.45, 2.75) is 50.3 Å². The van der Waals surface area contributed by atoms with Crippen LogP contribution < -0.4 is 9.80 Å². The van der Waals surface area contributed by atoms with Crippen molar-refractivity contribution in [1.29, 1.82) is 5.26 Å². The number of anilines is 2. The molecule has 48 heavy (non-hydrogen) atoms. The Bertz CT molecular complexity index is 2140. The molecule has 7 rings (SSSR count). The summed E-state index contributed by atoms with van der Waals surface area (Å²) in [5.41, 5.74) is 3.41. The number of carbonyl (C=O) groups excluding carboxylic acids is 1. The molecule has 1 saturated heterocycles. The number of hydrogen-bond acceptors (Lipinski definition) is 11. The molecular weight excluding hydrogens is 654 g/mol. The molecule has 0 N–H and O–H groups in total. The molecule has 0 radical (unpaired) electrons. The Hall–Kier alpha value is -5.00. The minimum absolute atomic E-state index is 0.0542. The van der Waals surface area contributed by atoms with Crippen LogP contribution in [0.25, 0.3) is 10.8 Å². The van der Waals surface area contributed by atoms with Crippen molar-refractivity contribution in [1.82, 2.24) is 29.0 Å². The number of rotatable bonds is 8. The minimum Gasteiger partial charge on any atom is -0.451 e. The van der Waals surface area contributed by atoms with E-state index in [0.29, 0.717) is 61.9 Å². The van der Waals surface area contributed by atoms with Crippen molar-refractivity contribution in [3.8, 4) is 6.07 Å². The maximum Gasteiger partial charge on any atom is 0.318 e. The van der Waals surface area contributed by atoms with E-state index in [9.17, 15) is 18.5 Å². The lowest BCUT2D eigenvalue weighted by Crippen LogP contribution is -2.55. The fourth-order valence-corrected chi connectivity index (χ4v) is 8.18. The third kappa shape index (κ3) is 5.84. The van der Waals surface area contributed by atoms with Crippen molar-refractivity contribution < 1.29 is 17.6 Å². The summed E-state index contributed by atoms with van der Waals surface area (Å²) in [6, 6.07) is 15.6. The second kappa shape index (κ2) is 12.9. The molecule has 2 aliphatic rings. The highest BCUT2D eigenvalue weighted by Gasteiger charge is 2.33. The summed E-state index contributed by atoms with van der Waals surface area (Å²) in [5, 5.41) is 15.8. The number of amides is 1. The lowest BCUT2D eigenvalue weighted by atomic mass is 10.0. The van der Waals surface area contributed by atoms with Gasteiger partial charge in [-0.2, -0.15) is 13.7 Å². The molecule has 1 amide bonds. The normalized spacial score (nSPS) is 16.6. The van der Waals surface area contributed by atoms with Crippen LogP contribution in [0, 0.1) is 11.3 Å². The summed E-state index contributed by atoms with van der Waals surface area (Å²) in [6.45, 7) is 4.30. The largest absolute Gasteiger partial charge is 0.451 e. The molecule has 2 aromatic carbocycles. The topological polar surface area (TPSA) is 154 Å². The van der Waals surface area contributed by atoms with Crippen LogP contribution in [-0.2, 0) is 40.6 Å². The molecule has 5 heterocycles. The van der Waals surface area contributed by atoms with Crippen molar-refractivity contribution in [3.05, 3.63) is 89.1 Å². The zero-order valence-electron chi connectivity index (χ0n) is 26.2. The van der Waals surface area contributed by atoms with Gasteiger partial charge in [0.1, 0.15) is 24.3 Å². The molecule has 5 aromatic rings. The van der Waals surface area contributed by atoms with Gasteiger partial charge in [-0.1, -0.05) is 35.9 Å². The number of furan rings is 1. The Morgan fingerprint density at radius 1 is 1.08 bits per heavy atom. The Labute approximate surface area is 282 Å². The van der Waals surface area contributed by atoms with Crippen LogP contribution in [0.5, 0.6) is 0 Å². The molecule has 0 aliphatic carbocycles. The van der Waals surface area contributed by atoms with Gasteiger partial charge >= 0.3 is 10.0 Å². The number of nitriles is 1. The molecule has 2 aliphatic heterocycles. The van der Waals surface area contributed by atoms with Gasteiger partial charge in [-0.25, -0.2) is 15.0 Å². The smallest absolute Gasteiger partial charge is 0.318 e. The number of halogens is 1. The molecule has 246 valence electrons. The van der Waals surface area contributed by atoms with Crippen LogP contribution in [0.15, 0.2) is 70.9 Å². The fraction of sp³-hybridized carbons (Fsp3) is 0.333. The third-order valence-corrected chi connectivity index (χ3v) is 10.8. The van der Waals surface area contributed by atoms with Gasteiger partial charge in [0.15, 0.2) is 0 Å². The van der Waals surface area contributed by atoms with Crippen LogP contribution in [0.1, 0.15) is 36.0 Å². The van der Waals surface area contributed by atoms with Gasteiger partial charge in [-0.3, -0.25) is 4.79 Å². The van der Waals surface area contributed by atoms with Gasteiger partial charge < -0.3 is 19.1 Å². The monoisotopic (exact) mass is 685 g/mol. The molecule has 13 nitrogen and oxygen atoms in total. The molecule has 15 heteroatoms. The van der Waals surface area contributed by atoms with Gasteiger partial charge in [0.2, 0.25) is 11.0 Å². The van der Waals surface area contributed by atoms with E-state index in [2.05, 4.69) is 32.0 Å². The van der Waals surface area contributed by atoms with E-state index in [1.165, 1.54) is 13.2 Å². The number of carbonyl (C=O) groups is 1. The van der Waals surface area contributed by atoms with Crippen molar-refractivity contribution >= 4 is 49.8 Å². The Kier molecular flexibility index (Phi) is 8.49. The van der Waals surface area contributed by atoms with Crippen LogP contribution >= 0.6 is 11.6 Å². The summed E-state index contributed by atoms with van der Waals surface area (Å²) in [4.78, 5) is 32.4. The van der Waals surface area contributed by atoms with Crippen LogP contribution in [-0.4, -0.2) is 75.6 Å². The standard InChI is InChI=1S/C33H32ClN9O4S/c1-22(44)42-16-15-41(18-25(42)10-13-35)32-26-11-14-40(29-7-3-5-23-4-2-6-27(34)31(23)29)19-28(26)38-30(39-32)9-8-24-12-17-47-33(24)48(45,46)43-21-36-20-37-43/h2-7,12,17,20-21,25H,8-11,14-16,18-19H2,1H3/t25-/m0/s1. The highest BCUT2D eigenvalue weighted by atomic mass is 35.5. The van der Waals surface area contributed by atoms with Crippen molar-refractivity contribution in [3.63, 3.8) is 0 Å². The Balaban J connectivity index is 1.24. The highest BCUT2D eigenvalue weighted by molar-refractivity contribution is 7.89. The predicted molar refractivity (Wildman–Crippen MR) is 178 cm³/mol. The number of fused-ring (bicyclic) bond motifs is 2. The van der Waals surface area contributed by atoms with Gasteiger partial charge in [-0.15, -0.1) is 9.19 Å². The number of aryl methyl sites for hydroxylation is 2. The highest BCUT2D eigenvalue weighted by Crippen LogP contribution is 2.37. The molecule has 0 unspecified atom stereocenters. The molecule has 1 atom stereocenters. The average molecular weight is 686 g/mol.